The Morgan fingerprint density at radius 1 is 0.893 bits per heavy atom. The van der Waals surface area contributed by atoms with Crippen LogP contribution < -0.4 is 10.6 Å². The summed E-state index contributed by atoms with van der Waals surface area (Å²) < 4.78 is 18.0. The van der Waals surface area contributed by atoms with Gasteiger partial charge >= 0.3 is 5.97 Å². The molecule has 0 saturated carbocycles. The van der Waals surface area contributed by atoms with E-state index in [1.54, 1.807) is 49.4 Å². The Hall–Kier alpha value is -3.67. The maximum Gasteiger partial charge on any atom is 0.340 e. The quantitative estimate of drug-likeness (QED) is 0.593. The lowest BCUT2D eigenvalue weighted by Crippen LogP contribution is -2.11. The molecule has 0 heterocycles. The zero-order chi connectivity index (χ0) is 19.9. The van der Waals surface area contributed by atoms with E-state index in [2.05, 4.69) is 10.6 Å². The molecule has 2 N–H and O–H groups in total. The summed E-state index contributed by atoms with van der Waals surface area (Å²) in [5, 5.41) is 5.93. The van der Waals surface area contributed by atoms with Crippen LogP contribution in [0.15, 0.2) is 72.8 Å². The number of carbonyl (C=O) groups is 2. The van der Waals surface area contributed by atoms with Gasteiger partial charge in [0.15, 0.2) is 0 Å². The number of nitrogens with one attached hydrogen (secondary N) is 2. The Kier molecular flexibility index (Phi) is 6.01. The number of rotatable bonds is 6. The second-order valence-corrected chi connectivity index (χ2v) is 5.93. The van der Waals surface area contributed by atoms with Crippen molar-refractivity contribution in [3.8, 4) is 0 Å². The average molecular weight is 378 g/mol. The second kappa shape index (κ2) is 8.81. The Bertz CT molecular complexity index is 970. The van der Waals surface area contributed by atoms with Crippen molar-refractivity contribution in [3.05, 3.63) is 89.7 Å². The minimum absolute atomic E-state index is 0.301. The number of hydrogen-bond donors (Lipinski definition) is 2. The predicted molar refractivity (Wildman–Crippen MR) is 106 cm³/mol. The number of ether oxygens (including phenoxy) is 1. The smallest absolute Gasteiger partial charge is 0.340 e. The van der Waals surface area contributed by atoms with Gasteiger partial charge in [0.1, 0.15) is 5.82 Å². The summed E-state index contributed by atoms with van der Waals surface area (Å²) in [5.74, 6) is -1.11. The van der Waals surface area contributed by atoms with Crippen LogP contribution in [0.5, 0.6) is 0 Å². The van der Waals surface area contributed by atoms with E-state index in [0.29, 0.717) is 29.1 Å². The number of carbonyl (C=O) groups excluding carboxylic acids is 2. The lowest BCUT2D eigenvalue weighted by molar-refractivity contribution is 0.0527. The summed E-state index contributed by atoms with van der Waals surface area (Å²) in [6.07, 6.45) is 0. The van der Waals surface area contributed by atoms with Crippen molar-refractivity contribution in [1.82, 2.24) is 0 Å². The van der Waals surface area contributed by atoms with Gasteiger partial charge in [0.05, 0.1) is 17.9 Å². The van der Waals surface area contributed by atoms with E-state index >= 15 is 0 Å². The summed E-state index contributed by atoms with van der Waals surface area (Å²) in [7, 11) is 0. The number of anilines is 3. The van der Waals surface area contributed by atoms with Crippen LogP contribution in [0.3, 0.4) is 0 Å². The van der Waals surface area contributed by atoms with E-state index in [0.717, 1.165) is 5.69 Å². The van der Waals surface area contributed by atoms with Gasteiger partial charge in [0.2, 0.25) is 0 Å². The third-order valence-electron chi connectivity index (χ3n) is 3.95. The highest BCUT2D eigenvalue weighted by Gasteiger charge is 2.12. The third kappa shape index (κ3) is 4.73. The molecule has 28 heavy (non-hydrogen) atoms. The molecule has 0 aliphatic rings. The van der Waals surface area contributed by atoms with Crippen molar-refractivity contribution in [2.45, 2.75) is 6.92 Å². The molecule has 3 aromatic carbocycles. The summed E-state index contributed by atoms with van der Waals surface area (Å²) in [5.41, 5.74) is 2.78. The van der Waals surface area contributed by atoms with Gasteiger partial charge in [-0.15, -0.1) is 0 Å². The van der Waals surface area contributed by atoms with Crippen molar-refractivity contribution in [2.24, 2.45) is 0 Å². The molecular weight excluding hydrogens is 359 g/mol. The maximum absolute atomic E-state index is 13.0. The lowest BCUT2D eigenvalue weighted by Gasteiger charge is -2.12. The number of halogens is 1. The van der Waals surface area contributed by atoms with Crippen LogP contribution in [0.4, 0.5) is 21.5 Å². The van der Waals surface area contributed by atoms with Gasteiger partial charge in [0.25, 0.3) is 5.91 Å². The molecule has 142 valence electrons. The van der Waals surface area contributed by atoms with Crippen LogP contribution in [0, 0.1) is 5.82 Å². The molecule has 3 aromatic rings. The maximum atomic E-state index is 13.0. The first-order valence-corrected chi connectivity index (χ1v) is 8.77. The third-order valence-corrected chi connectivity index (χ3v) is 3.95. The second-order valence-electron chi connectivity index (χ2n) is 5.93. The topological polar surface area (TPSA) is 67.4 Å². The van der Waals surface area contributed by atoms with E-state index in [4.69, 9.17) is 4.74 Å². The van der Waals surface area contributed by atoms with Gasteiger partial charge in [-0.3, -0.25) is 4.79 Å². The molecule has 0 aliphatic carbocycles. The molecule has 1 amide bonds. The van der Waals surface area contributed by atoms with Crippen LogP contribution in [0.25, 0.3) is 0 Å². The Morgan fingerprint density at radius 3 is 2.21 bits per heavy atom. The first-order chi connectivity index (χ1) is 13.6. The number of benzene rings is 3. The van der Waals surface area contributed by atoms with Crippen LogP contribution in [-0.4, -0.2) is 18.5 Å². The van der Waals surface area contributed by atoms with Gasteiger partial charge in [-0.25, -0.2) is 9.18 Å². The van der Waals surface area contributed by atoms with E-state index in [-0.39, 0.29) is 5.91 Å². The SMILES string of the molecule is CCOC(=O)c1ccccc1Nc1ccc(NC(=O)c2ccc(F)cc2)cc1. The van der Waals surface area contributed by atoms with Crippen molar-refractivity contribution in [3.63, 3.8) is 0 Å². The molecule has 0 unspecified atom stereocenters. The first-order valence-electron chi connectivity index (χ1n) is 8.77. The summed E-state index contributed by atoms with van der Waals surface area (Å²) in [6.45, 7) is 2.06. The highest BCUT2D eigenvalue weighted by molar-refractivity contribution is 6.04. The van der Waals surface area contributed by atoms with Gasteiger partial charge in [-0.05, 0) is 67.6 Å². The zero-order valence-electron chi connectivity index (χ0n) is 15.2. The molecular formula is C22H19FN2O3. The van der Waals surface area contributed by atoms with Gasteiger partial charge in [-0.1, -0.05) is 12.1 Å². The van der Waals surface area contributed by atoms with Crippen LogP contribution >= 0.6 is 0 Å². The fourth-order valence-electron chi connectivity index (χ4n) is 2.58. The Balaban J connectivity index is 1.69. The van der Waals surface area contributed by atoms with Crippen molar-refractivity contribution >= 4 is 28.9 Å². The fourth-order valence-corrected chi connectivity index (χ4v) is 2.58. The standard InChI is InChI=1S/C22H19FN2O3/c1-2-28-22(27)19-5-3-4-6-20(19)24-17-11-13-18(14-12-17)25-21(26)15-7-9-16(23)10-8-15/h3-14,24H,2H2,1H3,(H,25,26). The lowest BCUT2D eigenvalue weighted by atomic mass is 10.1. The number of esters is 1. The van der Waals surface area contributed by atoms with E-state index < -0.39 is 11.8 Å². The molecule has 0 bridgehead atoms. The van der Waals surface area contributed by atoms with Crippen molar-refractivity contribution in [1.29, 1.82) is 0 Å². The number of para-hydroxylation sites is 1. The molecule has 0 aliphatic heterocycles. The summed E-state index contributed by atoms with van der Waals surface area (Å²) in [6, 6.07) is 19.4. The Morgan fingerprint density at radius 2 is 1.54 bits per heavy atom. The van der Waals surface area contributed by atoms with Crippen LogP contribution in [-0.2, 0) is 4.74 Å². The summed E-state index contributed by atoms with van der Waals surface area (Å²) in [4.78, 5) is 24.2. The van der Waals surface area contributed by atoms with Crippen LogP contribution in [0.1, 0.15) is 27.6 Å². The van der Waals surface area contributed by atoms with Crippen molar-refractivity contribution in [2.75, 3.05) is 17.2 Å². The molecule has 0 atom stereocenters. The minimum Gasteiger partial charge on any atom is -0.462 e. The van der Waals surface area contributed by atoms with Crippen molar-refractivity contribution < 1.29 is 18.7 Å². The highest BCUT2D eigenvalue weighted by atomic mass is 19.1. The van der Waals surface area contributed by atoms with Gasteiger partial charge < -0.3 is 15.4 Å². The molecule has 5 nitrogen and oxygen atoms in total. The monoisotopic (exact) mass is 378 g/mol. The molecule has 3 rings (SSSR count). The summed E-state index contributed by atoms with van der Waals surface area (Å²) >= 11 is 0. The fraction of sp³-hybridized carbons (Fsp3) is 0.0909. The van der Waals surface area contributed by atoms with Crippen LogP contribution in [0.2, 0.25) is 0 Å². The average Bonchev–Trinajstić information content (AvgIpc) is 2.70. The zero-order valence-corrected chi connectivity index (χ0v) is 15.2. The Labute approximate surface area is 162 Å². The molecule has 0 fully saturated rings. The molecule has 0 saturated heterocycles. The molecule has 0 aromatic heterocycles. The normalized spacial score (nSPS) is 10.2. The van der Waals surface area contributed by atoms with Gasteiger partial charge in [-0.2, -0.15) is 0 Å². The first kappa shape index (κ1) is 19.1. The minimum atomic E-state index is -0.395. The van der Waals surface area contributed by atoms with Gasteiger partial charge in [0, 0.05) is 16.9 Å². The van der Waals surface area contributed by atoms with E-state index in [1.807, 2.05) is 6.07 Å². The molecule has 0 radical (unpaired) electrons. The number of hydrogen-bond acceptors (Lipinski definition) is 4. The molecule has 6 heteroatoms. The molecule has 0 spiro atoms. The largest absolute Gasteiger partial charge is 0.462 e. The number of amides is 1. The predicted octanol–water partition coefficient (Wildman–Crippen LogP) is 5.00. The van der Waals surface area contributed by atoms with E-state index in [1.165, 1.54) is 24.3 Å². The van der Waals surface area contributed by atoms with E-state index in [9.17, 15) is 14.0 Å². The highest BCUT2D eigenvalue weighted by Crippen LogP contribution is 2.23.